The third-order valence-electron chi connectivity index (χ3n) is 2.37. The van der Waals surface area contributed by atoms with Crippen LogP contribution in [0.15, 0.2) is 36.4 Å². The molecule has 0 bridgehead atoms. The molecular formula is C12H7F2IN2O2. The molecule has 0 saturated heterocycles. The van der Waals surface area contributed by atoms with E-state index in [1.54, 1.807) is 0 Å². The topological polar surface area (TPSA) is 55.2 Å². The van der Waals surface area contributed by atoms with Gasteiger partial charge in [0.2, 0.25) is 5.82 Å². The van der Waals surface area contributed by atoms with Gasteiger partial charge >= 0.3 is 5.69 Å². The van der Waals surface area contributed by atoms with Crippen molar-refractivity contribution in [2.75, 3.05) is 5.32 Å². The molecule has 0 heterocycles. The van der Waals surface area contributed by atoms with Crippen LogP contribution in [0.1, 0.15) is 0 Å². The predicted octanol–water partition coefficient (Wildman–Crippen LogP) is 4.22. The number of benzene rings is 2. The highest BCUT2D eigenvalue weighted by molar-refractivity contribution is 14.1. The van der Waals surface area contributed by atoms with Crippen LogP contribution in [0.3, 0.4) is 0 Å². The molecule has 19 heavy (non-hydrogen) atoms. The molecule has 0 fully saturated rings. The highest BCUT2D eigenvalue weighted by Crippen LogP contribution is 2.31. The summed E-state index contributed by atoms with van der Waals surface area (Å²) in [5.41, 5.74) is -0.146. The average Bonchev–Trinajstić information content (AvgIpc) is 2.32. The molecule has 7 heteroatoms. The zero-order valence-electron chi connectivity index (χ0n) is 9.36. The van der Waals surface area contributed by atoms with Gasteiger partial charge in [0.05, 0.1) is 10.6 Å². The lowest BCUT2D eigenvalue weighted by Gasteiger charge is -2.09. The summed E-state index contributed by atoms with van der Waals surface area (Å²) in [6.07, 6.45) is 0. The molecular weight excluding hydrogens is 369 g/mol. The molecule has 2 rings (SSSR count). The lowest BCUT2D eigenvalue weighted by Crippen LogP contribution is -2.00. The first-order chi connectivity index (χ1) is 8.99. The summed E-state index contributed by atoms with van der Waals surface area (Å²) in [5.74, 6) is -1.34. The molecule has 0 saturated carbocycles. The fraction of sp³-hybridized carbons (Fsp3) is 0. The maximum Gasteiger partial charge on any atom is 0.327 e. The highest BCUT2D eigenvalue weighted by atomic mass is 127. The SMILES string of the molecule is O=[N+]([O-])c1c(F)cccc1Nc1ccc(F)cc1I. The van der Waals surface area contributed by atoms with Gasteiger partial charge in [-0.05, 0) is 52.9 Å². The Kier molecular flexibility index (Phi) is 3.93. The predicted molar refractivity (Wildman–Crippen MR) is 75.5 cm³/mol. The van der Waals surface area contributed by atoms with Gasteiger partial charge in [-0.2, -0.15) is 4.39 Å². The van der Waals surface area contributed by atoms with Crippen LogP contribution >= 0.6 is 22.6 Å². The van der Waals surface area contributed by atoms with Gasteiger partial charge in [-0.3, -0.25) is 10.1 Å². The normalized spacial score (nSPS) is 10.3. The van der Waals surface area contributed by atoms with Crippen molar-refractivity contribution < 1.29 is 13.7 Å². The van der Waals surface area contributed by atoms with Crippen LogP contribution in [0, 0.1) is 25.3 Å². The number of hydrogen-bond donors (Lipinski definition) is 1. The third kappa shape index (κ3) is 2.98. The summed E-state index contributed by atoms with van der Waals surface area (Å²) in [7, 11) is 0. The van der Waals surface area contributed by atoms with Crippen molar-refractivity contribution in [3.05, 3.63) is 61.7 Å². The second-order valence-corrected chi connectivity index (χ2v) is 4.80. The van der Waals surface area contributed by atoms with E-state index in [0.29, 0.717) is 9.26 Å². The first-order valence-electron chi connectivity index (χ1n) is 5.14. The van der Waals surface area contributed by atoms with Crippen molar-refractivity contribution in [1.82, 2.24) is 0 Å². The van der Waals surface area contributed by atoms with E-state index in [1.165, 1.54) is 30.3 Å². The summed E-state index contributed by atoms with van der Waals surface area (Å²) >= 11 is 1.88. The minimum atomic E-state index is -0.924. The Morgan fingerprint density at radius 2 is 1.89 bits per heavy atom. The van der Waals surface area contributed by atoms with Crippen molar-refractivity contribution in [3.63, 3.8) is 0 Å². The van der Waals surface area contributed by atoms with Crippen LogP contribution in [-0.4, -0.2) is 4.92 Å². The molecule has 0 aliphatic rings. The molecule has 2 aromatic carbocycles. The standard InChI is InChI=1S/C12H7F2IN2O2/c13-7-4-5-10(9(15)6-7)16-11-3-1-2-8(14)12(11)17(18)19/h1-6,16H. The first-order valence-corrected chi connectivity index (χ1v) is 6.22. The lowest BCUT2D eigenvalue weighted by atomic mass is 10.2. The quantitative estimate of drug-likeness (QED) is 0.496. The van der Waals surface area contributed by atoms with Gasteiger partial charge in [-0.15, -0.1) is 0 Å². The number of halogens is 3. The Morgan fingerprint density at radius 3 is 2.53 bits per heavy atom. The molecule has 0 spiro atoms. The maximum absolute atomic E-state index is 13.4. The van der Waals surface area contributed by atoms with Gasteiger partial charge < -0.3 is 5.32 Å². The second-order valence-electron chi connectivity index (χ2n) is 3.64. The molecule has 0 aliphatic heterocycles. The molecule has 0 aliphatic carbocycles. The minimum absolute atomic E-state index is 0.0227. The van der Waals surface area contributed by atoms with Gasteiger partial charge in [0.25, 0.3) is 0 Å². The van der Waals surface area contributed by atoms with Crippen LogP contribution < -0.4 is 5.32 Å². The van der Waals surface area contributed by atoms with Crippen LogP contribution in [-0.2, 0) is 0 Å². The van der Waals surface area contributed by atoms with Gasteiger partial charge in [0, 0.05) is 3.57 Å². The molecule has 0 amide bonds. The van der Waals surface area contributed by atoms with Crippen LogP contribution in [0.5, 0.6) is 0 Å². The fourth-order valence-corrected chi connectivity index (χ4v) is 2.15. The Bertz CT molecular complexity index is 650. The van der Waals surface area contributed by atoms with E-state index in [0.717, 1.165) is 6.07 Å². The van der Waals surface area contributed by atoms with E-state index in [-0.39, 0.29) is 5.69 Å². The van der Waals surface area contributed by atoms with Crippen molar-refractivity contribution >= 4 is 39.7 Å². The molecule has 1 N–H and O–H groups in total. The molecule has 0 radical (unpaired) electrons. The largest absolute Gasteiger partial charge is 0.349 e. The van der Waals surface area contributed by atoms with E-state index < -0.39 is 22.2 Å². The first kappa shape index (κ1) is 13.7. The van der Waals surface area contributed by atoms with E-state index in [1.807, 2.05) is 22.6 Å². The summed E-state index contributed by atoms with van der Waals surface area (Å²) < 4.78 is 26.9. The van der Waals surface area contributed by atoms with Crippen LogP contribution in [0.2, 0.25) is 0 Å². The Morgan fingerprint density at radius 1 is 1.16 bits per heavy atom. The minimum Gasteiger partial charge on any atom is -0.349 e. The number of rotatable bonds is 3. The number of nitro benzene ring substituents is 1. The van der Waals surface area contributed by atoms with Crippen LogP contribution in [0.25, 0.3) is 0 Å². The summed E-state index contributed by atoms with van der Waals surface area (Å²) in [5, 5.41) is 13.6. The molecule has 0 aromatic heterocycles. The van der Waals surface area contributed by atoms with E-state index in [4.69, 9.17) is 0 Å². The smallest absolute Gasteiger partial charge is 0.327 e. The van der Waals surface area contributed by atoms with E-state index in [9.17, 15) is 18.9 Å². The van der Waals surface area contributed by atoms with E-state index >= 15 is 0 Å². The monoisotopic (exact) mass is 376 g/mol. The summed E-state index contributed by atoms with van der Waals surface area (Å²) in [6.45, 7) is 0. The zero-order valence-corrected chi connectivity index (χ0v) is 11.5. The lowest BCUT2D eigenvalue weighted by molar-refractivity contribution is -0.386. The van der Waals surface area contributed by atoms with Crippen molar-refractivity contribution in [2.45, 2.75) is 0 Å². The maximum atomic E-state index is 13.4. The fourth-order valence-electron chi connectivity index (χ4n) is 1.54. The van der Waals surface area contributed by atoms with Crippen molar-refractivity contribution in [2.24, 2.45) is 0 Å². The zero-order chi connectivity index (χ0) is 14.0. The molecule has 0 unspecified atom stereocenters. The number of nitrogens with zero attached hydrogens (tertiary/aromatic N) is 1. The second kappa shape index (κ2) is 5.47. The Balaban J connectivity index is 2.44. The Hall–Kier alpha value is -1.77. The number of nitro groups is 1. The number of hydrogen-bond acceptors (Lipinski definition) is 3. The number of anilines is 2. The average molecular weight is 376 g/mol. The van der Waals surface area contributed by atoms with Crippen molar-refractivity contribution in [1.29, 1.82) is 0 Å². The van der Waals surface area contributed by atoms with Crippen LogP contribution in [0.4, 0.5) is 25.8 Å². The molecule has 98 valence electrons. The molecule has 2 aromatic rings. The third-order valence-corrected chi connectivity index (χ3v) is 3.26. The summed E-state index contributed by atoms with van der Waals surface area (Å²) in [4.78, 5) is 10.0. The Labute approximate surface area is 120 Å². The van der Waals surface area contributed by atoms with Gasteiger partial charge in [0.1, 0.15) is 11.5 Å². The number of nitrogens with one attached hydrogen (secondary N) is 1. The van der Waals surface area contributed by atoms with E-state index in [2.05, 4.69) is 5.32 Å². The number of para-hydroxylation sites is 1. The van der Waals surface area contributed by atoms with Gasteiger partial charge in [0.15, 0.2) is 0 Å². The highest BCUT2D eigenvalue weighted by Gasteiger charge is 2.20. The molecule has 0 atom stereocenters. The summed E-state index contributed by atoms with van der Waals surface area (Å²) in [6, 6.07) is 7.69. The van der Waals surface area contributed by atoms with Gasteiger partial charge in [-0.1, -0.05) is 6.07 Å². The molecule has 4 nitrogen and oxygen atoms in total. The van der Waals surface area contributed by atoms with Crippen molar-refractivity contribution in [3.8, 4) is 0 Å². The van der Waals surface area contributed by atoms with Gasteiger partial charge in [-0.25, -0.2) is 4.39 Å².